The molecule has 0 atom stereocenters. The Morgan fingerprint density at radius 3 is 2.86 bits per heavy atom. The number of halogens is 1. The van der Waals surface area contributed by atoms with Crippen LogP contribution in [0.15, 0.2) is 18.5 Å². The second-order valence-corrected chi connectivity index (χ2v) is 7.95. The van der Waals surface area contributed by atoms with Gasteiger partial charge in [-0.3, -0.25) is 9.58 Å². The Morgan fingerprint density at radius 2 is 2.11 bits per heavy atom. The van der Waals surface area contributed by atoms with E-state index in [4.69, 9.17) is 7.80 Å². The number of rotatable bonds is 6. The number of ether oxygens (including phenoxy) is 1. The van der Waals surface area contributed by atoms with E-state index in [9.17, 15) is 0 Å². The highest BCUT2D eigenvalue weighted by Gasteiger charge is 2.29. The predicted octanol–water partition coefficient (Wildman–Crippen LogP) is 3.05. The summed E-state index contributed by atoms with van der Waals surface area (Å²) in [5.41, 5.74) is 2.62. The van der Waals surface area contributed by atoms with Crippen LogP contribution in [-0.2, 0) is 11.3 Å². The van der Waals surface area contributed by atoms with Gasteiger partial charge in [0.1, 0.15) is 5.65 Å². The zero-order chi connectivity index (χ0) is 19.7. The Hall–Kier alpha value is -1.92. The third kappa shape index (κ3) is 3.80. The van der Waals surface area contributed by atoms with Crippen molar-refractivity contribution in [2.24, 2.45) is 0 Å². The van der Waals surface area contributed by atoms with Crippen LogP contribution in [0.2, 0.25) is 0 Å². The van der Waals surface area contributed by atoms with E-state index in [1.165, 1.54) is 0 Å². The first-order chi connectivity index (χ1) is 13.5. The summed E-state index contributed by atoms with van der Waals surface area (Å²) >= 11 is 1.83. The topological polar surface area (TPSA) is 93.1 Å². The number of hydrogen-bond donors (Lipinski definition) is 2. The molecule has 150 valence electrons. The zero-order valence-electron chi connectivity index (χ0n) is 16.2. The summed E-state index contributed by atoms with van der Waals surface area (Å²) in [5.74, 6) is 0.990. The fourth-order valence-electron chi connectivity index (χ4n) is 3.51. The van der Waals surface area contributed by atoms with E-state index in [0.29, 0.717) is 11.8 Å². The second kappa shape index (κ2) is 7.84. The molecule has 4 heterocycles. The Morgan fingerprint density at radius 1 is 1.32 bits per heavy atom. The van der Waals surface area contributed by atoms with E-state index in [0.717, 1.165) is 55.3 Å². The quantitative estimate of drug-likeness (QED) is 0.506. The molecular formula is C18H24IN7O2. The SMILES string of the molecule is Cc1c(Nc2nc(OI)c3cc[nH]c3n2)cnn1CC(C)(C)N1CCOCC1. The van der Waals surface area contributed by atoms with Crippen molar-refractivity contribution in [1.82, 2.24) is 29.6 Å². The number of aromatic amines is 1. The fraction of sp³-hybridized carbons (Fsp3) is 0.500. The molecule has 1 aliphatic rings. The molecule has 0 amide bonds. The van der Waals surface area contributed by atoms with Crippen LogP contribution >= 0.6 is 23.0 Å². The monoisotopic (exact) mass is 497 g/mol. The number of nitrogens with one attached hydrogen (secondary N) is 2. The highest BCUT2D eigenvalue weighted by atomic mass is 127. The lowest BCUT2D eigenvalue weighted by molar-refractivity contribution is -0.0168. The molecular weight excluding hydrogens is 473 g/mol. The fourth-order valence-corrected chi connectivity index (χ4v) is 3.85. The van der Waals surface area contributed by atoms with E-state index in [1.807, 2.05) is 53.1 Å². The van der Waals surface area contributed by atoms with Gasteiger partial charge in [0.15, 0.2) is 23.0 Å². The van der Waals surface area contributed by atoms with Gasteiger partial charge in [-0.15, -0.1) is 0 Å². The van der Waals surface area contributed by atoms with Crippen molar-refractivity contribution < 1.29 is 7.80 Å². The van der Waals surface area contributed by atoms with Gasteiger partial charge in [0.05, 0.1) is 42.7 Å². The molecule has 10 heteroatoms. The molecule has 0 aliphatic carbocycles. The van der Waals surface area contributed by atoms with Crippen LogP contribution in [0.1, 0.15) is 19.5 Å². The largest absolute Gasteiger partial charge is 0.407 e. The van der Waals surface area contributed by atoms with Gasteiger partial charge >= 0.3 is 0 Å². The highest BCUT2D eigenvalue weighted by Crippen LogP contribution is 2.27. The summed E-state index contributed by atoms with van der Waals surface area (Å²) in [6.45, 7) is 10.8. The van der Waals surface area contributed by atoms with Gasteiger partial charge in [0, 0.05) is 24.8 Å². The maximum Gasteiger partial charge on any atom is 0.238 e. The minimum absolute atomic E-state index is 0.0142. The van der Waals surface area contributed by atoms with Crippen molar-refractivity contribution in [3.8, 4) is 5.88 Å². The van der Waals surface area contributed by atoms with Crippen molar-refractivity contribution >= 4 is 45.7 Å². The first-order valence-corrected chi connectivity index (χ1v) is 10.1. The molecule has 28 heavy (non-hydrogen) atoms. The second-order valence-electron chi connectivity index (χ2n) is 7.51. The zero-order valence-corrected chi connectivity index (χ0v) is 18.4. The average Bonchev–Trinajstić information content (AvgIpc) is 3.30. The summed E-state index contributed by atoms with van der Waals surface area (Å²) in [6, 6.07) is 1.89. The maximum atomic E-state index is 5.48. The Labute approximate surface area is 177 Å². The lowest BCUT2D eigenvalue weighted by Crippen LogP contribution is -2.52. The molecule has 1 fully saturated rings. The molecule has 3 aromatic rings. The van der Waals surface area contributed by atoms with Crippen molar-refractivity contribution in [3.63, 3.8) is 0 Å². The molecule has 1 aliphatic heterocycles. The Balaban J connectivity index is 1.54. The van der Waals surface area contributed by atoms with Crippen molar-refractivity contribution in [2.45, 2.75) is 32.9 Å². The van der Waals surface area contributed by atoms with Gasteiger partial charge in [-0.25, -0.2) is 0 Å². The van der Waals surface area contributed by atoms with Gasteiger partial charge in [-0.2, -0.15) is 15.1 Å². The molecule has 0 unspecified atom stereocenters. The van der Waals surface area contributed by atoms with Crippen molar-refractivity contribution in [1.29, 1.82) is 0 Å². The van der Waals surface area contributed by atoms with Gasteiger partial charge in [-0.1, -0.05) is 0 Å². The van der Waals surface area contributed by atoms with Crippen molar-refractivity contribution in [3.05, 3.63) is 24.2 Å². The van der Waals surface area contributed by atoms with Gasteiger partial charge in [0.2, 0.25) is 11.8 Å². The number of morpholine rings is 1. The molecule has 4 rings (SSSR count). The van der Waals surface area contributed by atoms with E-state index >= 15 is 0 Å². The number of hydrogen-bond acceptors (Lipinski definition) is 7. The average molecular weight is 497 g/mol. The minimum Gasteiger partial charge on any atom is -0.407 e. The van der Waals surface area contributed by atoms with Crippen molar-refractivity contribution in [2.75, 3.05) is 31.6 Å². The van der Waals surface area contributed by atoms with Crippen LogP contribution < -0.4 is 8.38 Å². The Bertz CT molecular complexity index is 962. The number of nitrogens with zero attached hydrogens (tertiary/aromatic N) is 5. The van der Waals surface area contributed by atoms with Crippen LogP contribution in [0, 0.1) is 6.92 Å². The first kappa shape index (κ1) is 19.4. The Kier molecular flexibility index (Phi) is 5.43. The first-order valence-electron chi connectivity index (χ1n) is 9.24. The molecule has 0 radical (unpaired) electrons. The van der Waals surface area contributed by atoms with Gasteiger partial charge < -0.3 is 18.1 Å². The summed E-state index contributed by atoms with van der Waals surface area (Å²) in [5, 5.41) is 8.71. The van der Waals surface area contributed by atoms with Crippen LogP contribution in [0.5, 0.6) is 5.88 Å². The number of anilines is 2. The molecule has 0 aromatic carbocycles. The summed E-state index contributed by atoms with van der Waals surface area (Å²) in [4.78, 5) is 14.5. The third-order valence-corrected chi connectivity index (χ3v) is 5.62. The number of H-pyrrole nitrogens is 1. The van der Waals surface area contributed by atoms with E-state index in [2.05, 4.69) is 44.1 Å². The molecule has 9 nitrogen and oxygen atoms in total. The van der Waals surface area contributed by atoms with Crippen LogP contribution in [0.3, 0.4) is 0 Å². The van der Waals surface area contributed by atoms with E-state index in [-0.39, 0.29) is 5.54 Å². The molecule has 1 saturated heterocycles. The number of aromatic nitrogens is 5. The number of fused-ring (bicyclic) bond motifs is 1. The summed E-state index contributed by atoms with van der Waals surface area (Å²) in [6.07, 6.45) is 3.64. The highest BCUT2D eigenvalue weighted by molar-refractivity contribution is 14.1. The van der Waals surface area contributed by atoms with Crippen LogP contribution in [0.4, 0.5) is 11.6 Å². The summed E-state index contributed by atoms with van der Waals surface area (Å²) in [7, 11) is 0. The molecule has 3 aromatic heterocycles. The molecule has 0 spiro atoms. The maximum absolute atomic E-state index is 5.48. The smallest absolute Gasteiger partial charge is 0.238 e. The van der Waals surface area contributed by atoms with Gasteiger partial charge in [0.25, 0.3) is 0 Å². The molecule has 0 bridgehead atoms. The summed E-state index contributed by atoms with van der Waals surface area (Å²) < 4.78 is 12.9. The van der Waals surface area contributed by atoms with Crippen LogP contribution in [-0.4, -0.2) is 61.5 Å². The molecule has 2 N–H and O–H groups in total. The third-order valence-electron chi connectivity index (χ3n) is 5.21. The van der Waals surface area contributed by atoms with Gasteiger partial charge in [-0.05, 0) is 26.8 Å². The van der Waals surface area contributed by atoms with E-state index in [1.54, 1.807) is 0 Å². The van der Waals surface area contributed by atoms with E-state index < -0.39 is 0 Å². The lowest BCUT2D eigenvalue weighted by Gasteiger charge is -2.40. The normalized spacial score (nSPS) is 15.9. The lowest BCUT2D eigenvalue weighted by atomic mass is 10.0. The standard InChI is InChI=1S/C18H24IN7O2/c1-12-14(22-17-23-15-13(4-5-20-15)16(24-17)28-19)10-21-26(12)11-18(2,3)25-6-8-27-9-7-25/h4-5,10H,6-9,11H2,1-3H3,(H2,20,22,23,24). The van der Waals surface area contributed by atoms with Crippen LogP contribution in [0.25, 0.3) is 11.0 Å². The minimum atomic E-state index is -0.0142. The predicted molar refractivity (Wildman–Crippen MR) is 115 cm³/mol. The molecule has 0 saturated carbocycles.